The summed E-state index contributed by atoms with van der Waals surface area (Å²) in [6.45, 7) is 2.22. The van der Waals surface area contributed by atoms with E-state index in [1.807, 2.05) is 18.4 Å². The van der Waals surface area contributed by atoms with E-state index in [1.54, 1.807) is 0 Å². The Balaban J connectivity index is 2.64. The molecule has 0 saturated heterocycles. The standard InChI is InChI=1S/C9H14BrNS/c1-3-4-5-8-7(10)6-9(11-2)12-8/h6,11H,3-5H2,1-2H3. The van der Waals surface area contributed by atoms with Gasteiger partial charge in [-0.25, -0.2) is 0 Å². The molecule has 0 aliphatic carbocycles. The lowest BCUT2D eigenvalue weighted by Crippen LogP contribution is -1.80. The maximum atomic E-state index is 3.56. The van der Waals surface area contributed by atoms with Gasteiger partial charge in [-0.15, -0.1) is 11.3 Å². The number of anilines is 1. The average molecular weight is 248 g/mol. The van der Waals surface area contributed by atoms with Crippen molar-refractivity contribution in [2.24, 2.45) is 0 Å². The molecule has 68 valence electrons. The molecule has 1 rings (SSSR count). The highest BCUT2D eigenvalue weighted by atomic mass is 79.9. The van der Waals surface area contributed by atoms with Gasteiger partial charge in [-0.05, 0) is 34.8 Å². The van der Waals surface area contributed by atoms with Gasteiger partial charge in [0.2, 0.25) is 0 Å². The second kappa shape index (κ2) is 4.87. The van der Waals surface area contributed by atoms with Crippen LogP contribution in [0, 0.1) is 0 Å². The van der Waals surface area contributed by atoms with Gasteiger partial charge in [0.25, 0.3) is 0 Å². The molecule has 1 aromatic heterocycles. The Morgan fingerprint density at radius 2 is 2.33 bits per heavy atom. The molecule has 0 aliphatic rings. The summed E-state index contributed by atoms with van der Waals surface area (Å²) < 4.78 is 1.25. The molecule has 0 fully saturated rings. The smallest absolute Gasteiger partial charge is 0.0894 e. The first-order valence-electron chi connectivity index (χ1n) is 4.24. The molecular formula is C9H14BrNS. The maximum Gasteiger partial charge on any atom is 0.0894 e. The predicted molar refractivity (Wildman–Crippen MR) is 60.2 cm³/mol. The average Bonchev–Trinajstić information content (AvgIpc) is 2.43. The summed E-state index contributed by atoms with van der Waals surface area (Å²) in [6.07, 6.45) is 3.74. The number of unbranched alkanes of at least 4 members (excludes halogenated alkanes) is 1. The molecule has 0 unspecified atom stereocenters. The van der Waals surface area contributed by atoms with E-state index in [1.165, 1.54) is 33.6 Å². The largest absolute Gasteiger partial charge is 0.380 e. The molecule has 12 heavy (non-hydrogen) atoms. The van der Waals surface area contributed by atoms with Crippen LogP contribution < -0.4 is 5.32 Å². The number of halogens is 1. The predicted octanol–water partition coefficient (Wildman–Crippen LogP) is 3.89. The summed E-state index contributed by atoms with van der Waals surface area (Å²) in [6, 6.07) is 2.15. The second-order valence-corrected chi connectivity index (χ2v) is 4.73. The molecule has 0 saturated carbocycles. The first-order chi connectivity index (χ1) is 5.77. The second-order valence-electron chi connectivity index (χ2n) is 2.74. The fraction of sp³-hybridized carbons (Fsp3) is 0.556. The zero-order valence-corrected chi connectivity index (χ0v) is 9.89. The van der Waals surface area contributed by atoms with Gasteiger partial charge in [-0.2, -0.15) is 0 Å². The number of hydrogen-bond donors (Lipinski definition) is 1. The molecule has 1 heterocycles. The minimum Gasteiger partial charge on any atom is -0.380 e. The zero-order chi connectivity index (χ0) is 8.97. The molecular weight excluding hydrogens is 234 g/mol. The maximum absolute atomic E-state index is 3.56. The Labute approximate surface area is 86.3 Å². The lowest BCUT2D eigenvalue weighted by molar-refractivity contribution is 0.802. The summed E-state index contributed by atoms with van der Waals surface area (Å²) in [5.74, 6) is 0. The van der Waals surface area contributed by atoms with E-state index in [9.17, 15) is 0 Å². The number of thiophene rings is 1. The first kappa shape index (κ1) is 10.1. The van der Waals surface area contributed by atoms with E-state index in [-0.39, 0.29) is 0 Å². The monoisotopic (exact) mass is 247 g/mol. The number of nitrogens with one attached hydrogen (secondary N) is 1. The van der Waals surface area contributed by atoms with Gasteiger partial charge < -0.3 is 5.32 Å². The van der Waals surface area contributed by atoms with Crippen LogP contribution >= 0.6 is 27.3 Å². The van der Waals surface area contributed by atoms with E-state index in [2.05, 4.69) is 34.2 Å². The number of rotatable bonds is 4. The summed E-state index contributed by atoms with van der Waals surface area (Å²) in [5, 5.41) is 4.40. The number of hydrogen-bond acceptors (Lipinski definition) is 2. The van der Waals surface area contributed by atoms with Crippen LogP contribution in [-0.4, -0.2) is 7.05 Å². The molecule has 0 atom stereocenters. The summed E-state index contributed by atoms with van der Waals surface area (Å²) in [5.41, 5.74) is 0. The van der Waals surface area contributed by atoms with Crippen LogP contribution in [0.3, 0.4) is 0 Å². The molecule has 1 N–H and O–H groups in total. The minimum absolute atomic E-state index is 1.20. The minimum atomic E-state index is 1.20. The highest BCUT2D eigenvalue weighted by Crippen LogP contribution is 2.31. The zero-order valence-electron chi connectivity index (χ0n) is 7.48. The van der Waals surface area contributed by atoms with Crippen molar-refractivity contribution in [3.63, 3.8) is 0 Å². The lowest BCUT2D eigenvalue weighted by atomic mass is 10.2. The molecule has 0 bridgehead atoms. The quantitative estimate of drug-likeness (QED) is 0.852. The van der Waals surface area contributed by atoms with Crippen LogP contribution in [0.4, 0.5) is 5.00 Å². The number of aryl methyl sites for hydroxylation is 1. The van der Waals surface area contributed by atoms with Crippen LogP contribution in [0.25, 0.3) is 0 Å². The highest BCUT2D eigenvalue weighted by molar-refractivity contribution is 9.10. The van der Waals surface area contributed by atoms with Gasteiger partial charge >= 0.3 is 0 Å². The van der Waals surface area contributed by atoms with Gasteiger partial charge in [0.15, 0.2) is 0 Å². The van der Waals surface area contributed by atoms with E-state index in [0.29, 0.717) is 0 Å². The molecule has 0 aromatic carbocycles. The Morgan fingerprint density at radius 3 is 2.83 bits per heavy atom. The van der Waals surface area contributed by atoms with Crippen molar-refractivity contribution >= 4 is 32.3 Å². The summed E-state index contributed by atoms with van der Waals surface area (Å²) >= 11 is 5.40. The topological polar surface area (TPSA) is 12.0 Å². The van der Waals surface area contributed by atoms with Crippen LogP contribution in [0.15, 0.2) is 10.5 Å². The van der Waals surface area contributed by atoms with E-state index in [4.69, 9.17) is 0 Å². The molecule has 0 radical (unpaired) electrons. The van der Waals surface area contributed by atoms with Crippen LogP contribution in [0.5, 0.6) is 0 Å². The van der Waals surface area contributed by atoms with E-state index >= 15 is 0 Å². The van der Waals surface area contributed by atoms with Crippen molar-refractivity contribution in [1.29, 1.82) is 0 Å². The van der Waals surface area contributed by atoms with Gasteiger partial charge in [0.1, 0.15) is 0 Å². The Hall–Kier alpha value is -0.0200. The van der Waals surface area contributed by atoms with Crippen LogP contribution in [0.2, 0.25) is 0 Å². The van der Waals surface area contributed by atoms with Crippen LogP contribution in [0.1, 0.15) is 24.6 Å². The van der Waals surface area contributed by atoms with E-state index < -0.39 is 0 Å². The van der Waals surface area contributed by atoms with Gasteiger partial charge in [-0.3, -0.25) is 0 Å². The van der Waals surface area contributed by atoms with E-state index in [0.717, 1.165) is 0 Å². The fourth-order valence-corrected chi connectivity index (χ4v) is 2.81. The lowest BCUT2D eigenvalue weighted by Gasteiger charge is -1.94. The molecule has 0 aliphatic heterocycles. The Morgan fingerprint density at radius 1 is 1.58 bits per heavy atom. The SMILES string of the molecule is CCCCc1sc(NC)cc1Br. The molecule has 0 amide bonds. The van der Waals surface area contributed by atoms with Crippen molar-refractivity contribution in [1.82, 2.24) is 0 Å². The van der Waals surface area contributed by atoms with Gasteiger partial charge in [0, 0.05) is 16.4 Å². The van der Waals surface area contributed by atoms with Crippen molar-refractivity contribution in [2.75, 3.05) is 12.4 Å². The molecule has 1 aromatic rings. The third-order valence-electron chi connectivity index (χ3n) is 1.76. The van der Waals surface area contributed by atoms with Crippen molar-refractivity contribution in [2.45, 2.75) is 26.2 Å². The Kier molecular flexibility index (Phi) is 4.09. The van der Waals surface area contributed by atoms with Gasteiger partial charge in [-0.1, -0.05) is 13.3 Å². The van der Waals surface area contributed by atoms with Gasteiger partial charge in [0.05, 0.1) is 5.00 Å². The van der Waals surface area contributed by atoms with Crippen molar-refractivity contribution < 1.29 is 0 Å². The highest BCUT2D eigenvalue weighted by Gasteiger charge is 2.04. The molecule has 0 spiro atoms. The fourth-order valence-electron chi connectivity index (χ4n) is 1.04. The third kappa shape index (κ3) is 2.49. The Bertz CT molecular complexity index is 245. The van der Waals surface area contributed by atoms with Crippen molar-refractivity contribution in [3.8, 4) is 0 Å². The molecule has 1 nitrogen and oxygen atoms in total. The summed E-state index contributed by atoms with van der Waals surface area (Å²) in [4.78, 5) is 1.46. The normalized spacial score (nSPS) is 10.2. The first-order valence-corrected chi connectivity index (χ1v) is 5.84. The third-order valence-corrected chi connectivity index (χ3v) is 3.94. The van der Waals surface area contributed by atoms with Crippen molar-refractivity contribution in [3.05, 3.63) is 15.4 Å². The van der Waals surface area contributed by atoms with Crippen LogP contribution in [-0.2, 0) is 6.42 Å². The summed E-state index contributed by atoms with van der Waals surface area (Å²) in [7, 11) is 1.96. The molecule has 3 heteroatoms.